The Morgan fingerprint density at radius 3 is 2.73 bits per heavy atom. The number of nitrogens with one attached hydrogen (secondary N) is 1. The number of carboxylic acid groups (broad SMARTS) is 1. The highest BCUT2D eigenvalue weighted by atomic mass is 35.5. The molecule has 1 aromatic heterocycles. The Balaban J connectivity index is 1.76. The molecular weight excluding hydrogens is 376 g/mol. The molecule has 6 nitrogen and oxygen atoms in total. The van der Waals surface area contributed by atoms with Crippen molar-refractivity contribution >= 4 is 38.5 Å². The fourth-order valence-corrected chi connectivity index (χ4v) is 5.01. The molecule has 4 rings (SSSR count). The van der Waals surface area contributed by atoms with Crippen molar-refractivity contribution in [1.29, 1.82) is 0 Å². The smallest absolute Gasteiger partial charge is 0.335 e. The van der Waals surface area contributed by atoms with Crippen molar-refractivity contribution in [3.05, 3.63) is 64.3 Å². The van der Waals surface area contributed by atoms with Crippen LogP contribution in [0.3, 0.4) is 0 Å². The lowest BCUT2D eigenvalue weighted by Gasteiger charge is -2.26. The minimum Gasteiger partial charge on any atom is -0.478 e. The average molecular weight is 391 g/mol. The van der Waals surface area contributed by atoms with Crippen molar-refractivity contribution < 1.29 is 18.3 Å². The maximum Gasteiger partial charge on any atom is 0.335 e. The SMILES string of the molecule is O=C(O)c1ccc2[nH]c3c(c2c1)CN(S(=O)(=O)c1cccc(Cl)c1)CC3. The Bertz CT molecular complexity index is 1140. The third-order valence-corrected chi connectivity index (χ3v) is 6.70. The van der Waals surface area contributed by atoms with E-state index in [2.05, 4.69) is 4.98 Å². The van der Waals surface area contributed by atoms with Crippen LogP contribution in [0.4, 0.5) is 0 Å². The molecule has 8 heteroatoms. The van der Waals surface area contributed by atoms with E-state index in [4.69, 9.17) is 11.6 Å². The molecule has 0 bridgehead atoms. The van der Waals surface area contributed by atoms with Gasteiger partial charge in [-0.25, -0.2) is 13.2 Å². The fourth-order valence-electron chi connectivity index (χ4n) is 3.30. The number of aromatic amines is 1. The third-order valence-electron chi connectivity index (χ3n) is 4.62. The van der Waals surface area contributed by atoms with Gasteiger partial charge in [-0.05, 0) is 42.0 Å². The van der Waals surface area contributed by atoms with Gasteiger partial charge in [0.2, 0.25) is 10.0 Å². The second-order valence-electron chi connectivity index (χ2n) is 6.19. The highest BCUT2D eigenvalue weighted by Gasteiger charge is 2.30. The van der Waals surface area contributed by atoms with Gasteiger partial charge in [-0.1, -0.05) is 17.7 Å². The van der Waals surface area contributed by atoms with E-state index >= 15 is 0 Å². The predicted molar refractivity (Wildman–Crippen MR) is 98.0 cm³/mol. The number of rotatable bonds is 3. The molecule has 0 aliphatic carbocycles. The van der Waals surface area contributed by atoms with E-state index in [9.17, 15) is 18.3 Å². The number of aromatic nitrogens is 1. The van der Waals surface area contributed by atoms with E-state index in [1.165, 1.54) is 22.5 Å². The quantitative estimate of drug-likeness (QED) is 0.718. The first-order valence-electron chi connectivity index (χ1n) is 7.99. The van der Waals surface area contributed by atoms with Crippen molar-refractivity contribution in [2.75, 3.05) is 6.54 Å². The predicted octanol–water partition coefficient (Wildman–Crippen LogP) is 3.27. The summed E-state index contributed by atoms with van der Waals surface area (Å²) in [7, 11) is -3.68. The Morgan fingerprint density at radius 2 is 2.00 bits per heavy atom. The van der Waals surface area contributed by atoms with Crippen LogP contribution in [0.1, 0.15) is 21.6 Å². The van der Waals surface area contributed by atoms with Gasteiger partial charge in [-0.2, -0.15) is 4.31 Å². The van der Waals surface area contributed by atoms with Crippen LogP contribution >= 0.6 is 11.6 Å². The summed E-state index contributed by atoms with van der Waals surface area (Å²) in [6.45, 7) is 0.535. The van der Waals surface area contributed by atoms with Crippen molar-refractivity contribution in [3.63, 3.8) is 0 Å². The Kier molecular flexibility index (Phi) is 4.02. The molecule has 26 heavy (non-hydrogen) atoms. The van der Waals surface area contributed by atoms with Gasteiger partial charge in [-0.3, -0.25) is 0 Å². The molecule has 0 saturated heterocycles. The topological polar surface area (TPSA) is 90.5 Å². The summed E-state index contributed by atoms with van der Waals surface area (Å²) in [4.78, 5) is 14.7. The van der Waals surface area contributed by atoms with Gasteiger partial charge in [0.1, 0.15) is 0 Å². The minimum absolute atomic E-state index is 0.152. The Hall–Kier alpha value is -2.35. The maximum absolute atomic E-state index is 12.9. The first kappa shape index (κ1) is 17.1. The number of sulfonamides is 1. The van der Waals surface area contributed by atoms with Crippen LogP contribution in [-0.2, 0) is 23.0 Å². The molecule has 0 amide bonds. The average Bonchev–Trinajstić information content (AvgIpc) is 2.98. The monoisotopic (exact) mass is 390 g/mol. The molecule has 3 aromatic rings. The Labute approximate surface area is 155 Å². The molecule has 0 fully saturated rings. The zero-order chi connectivity index (χ0) is 18.5. The van der Waals surface area contributed by atoms with Gasteiger partial charge in [0, 0.05) is 41.1 Å². The molecule has 2 heterocycles. The summed E-state index contributed by atoms with van der Waals surface area (Å²) < 4.78 is 27.3. The fraction of sp³-hybridized carbons (Fsp3) is 0.167. The van der Waals surface area contributed by atoms with E-state index in [1.807, 2.05) is 0 Å². The van der Waals surface area contributed by atoms with Gasteiger partial charge in [-0.15, -0.1) is 0 Å². The number of hydrogen-bond acceptors (Lipinski definition) is 3. The summed E-state index contributed by atoms with van der Waals surface area (Å²) in [6.07, 6.45) is 0.534. The molecule has 0 saturated carbocycles. The van der Waals surface area contributed by atoms with E-state index in [0.29, 0.717) is 18.0 Å². The van der Waals surface area contributed by atoms with Crippen LogP contribution in [0, 0.1) is 0 Å². The zero-order valence-electron chi connectivity index (χ0n) is 13.6. The maximum atomic E-state index is 12.9. The molecule has 0 spiro atoms. The standard InChI is InChI=1S/C18H15ClN2O4S/c19-12-2-1-3-13(9-12)26(24,25)21-7-6-17-15(10-21)14-8-11(18(22)23)4-5-16(14)20-17/h1-5,8-9,20H,6-7,10H2,(H,22,23). The molecule has 0 unspecified atom stereocenters. The number of hydrogen-bond donors (Lipinski definition) is 2. The lowest BCUT2D eigenvalue weighted by Crippen LogP contribution is -2.35. The van der Waals surface area contributed by atoms with Crippen molar-refractivity contribution in [3.8, 4) is 0 Å². The van der Waals surface area contributed by atoms with Crippen LogP contribution in [-0.4, -0.2) is 35.3 Å². The number of carbonyl (C=O) groups is 1. The van der Waals surface area contributed by atoms with Gasteiger partial charge in [0.15, 0.2) is 0 Å². The molecular formula is C18H15ClN2O4S. The van der Waals surface area contributed by atoms with E-state index < -0.39 is 16.0 Å². The van der Waals surface area contributed by atoms with Gasteiger partial charge in [0.05, 0.1) is 10.5 Å². The van der Waals surface area contributed by atoms with E-state index in [1.54, 1.807) is 24.3 Å². The Morgan fingerprint density at radius 1 is 1.19 bits per heavy atom. The van der Waals surface area contributed by atoms with Crippen LogP contribution in [0.5, 0.6) is 0 Å². The number of benzene rings is 2. The van der Waals surface area contributed by atoms with E-state index in [-0.39, 0.29) is 17.0 Å². The first-order chi connectivity index (χ1) is 12.4. The third kappa shape index (κ3) is 2.78. The number of aromatic carboxylic acids is 1. The summed E-state index contributed by atoms with van der Waals surface area (Å²) in [5.74, 6) is -1.01. The molecule has 0 atom stereocenters. The number of carboxylic acids is 1. The number of nitrogens with zero attached hydrogens (tertiary/aromatic N) is 1. The zero-order valence-corrected chi connectivity index (χ0v) is 15.1. The van der Waals surface area contributed by atoms with Crippen LogP contribution < -0.4 is 0 Å². The molecule has 1 aliphatic rings. The summed E-state index contributed by atoms with van der Waals surface area (Å²) in [5, 5.41) is 10.3. The van der Waals surface area contributed by atoms with Crippen LogP contribution in [0.2, 0.25) is 5.02 Å². The van der Waals surface area contributed by atoms with Crippen molar-refractivity contribution in [2.24, 2.45) is 0 Å². The highest BCUT2D eigenvalue weighted by Crippen LogP contribution is 2.31. The highest BCUT2D eigenvalue weighted by molar-refractivity contribution is 7.89. The van der Waals surface area contributed by atoms with Gasteiger partial charge >= 0.3 is 5.97 Å². The van der Waals surface area contributed by atoms with Crippen LogP contribution in [0.15, 0.2) is 47.4 Å². The lowest BCUT2D eigenvalue weighted by molar-refractivity contribution is 0.0697. The molecule has 2 aromatic carbocycles. The number of fused-ring (bicyclic) bond motifs is 3. The number of halogens is 1. The minimum atomic E-state index is -3.68. The number of H-pyrrole nitrogens is 1. The second kappa shape index (κ2) is 6.12. The second-order valence-corrected chi connectivity index (χ2v) is 8.57. The summed E-state index contributed by atoms with van der Waals surface area (Å²) in [6, 6.07) is 11.0. The van der Waals surface area contributed by atoms with Gasteiger partial charge in [0.25, 0.3) is 0 Å². The summed E-state index contributed by atoms with van der Waals surface area (Å²) in [5.41, 5.74) is 2.75. The molecule has 2 N–H and O–H groups in total. The largest absolute Gasteiger partial charge is 0.478 e. The molecule has 0 radical (unpaired) electrons. The lowest BCUT2D eigenvalue weighted by atomic mass is 10.0. The molecule has 134 valence electrons. The van der Waals surface area contributed by atoms with Crippen molar-refractivity contribution in [1.82, 2.24) is 9.29 Å². The molecule has 1 aliphatic heterocycles. The summed E-state index contributed by atoms with van der Waals surface area (Å²) >= 11 is 5.94. The normalized spacial score (nSPS) is 15.1. The first-order valence-corrected chi connectivity index (χ1v) is 9.80. The van der Waals surface area contributed by atoms with E-state index in [0.717, 1.165) is 22.2 Å². The van der Waals surface area contributed by atoms with Crippen LogP contribution in [0.25, 0.3) is 10.9 Å². The van der Waals surface area contributed by atoms with Crippen molar-refractivity contribution in [2.45, 2.75) is 17.9 Å². The van der Waals surface area contributed by atoms with Gasteiger partial charge < -0.3 is 10.1 Å².